The van der Waals surface area contributed by atoms with E-state index in [0.717, 1.165) is 23.2 Å². The second kappa shape index (κ2) is 3.50. The van der Waals surface area contributed by atoms with Gasteiger partial charge in [0.05, 0.1) is 0 Å². The average Bonchev–Trinajstić information content (AvgIpc) is 2.64. The van der Waals surface area contributed by atoms with Crippen LogP contribution in [0.3, 0.4) is 0 Å². The fourth-order valence-electron chi connectivity index (χ4n) is 5.58. The second-order valence-electron chi connectivity index (χ2n) is 7.86. The molecule has 0 amide bonds. The Kier molecular flexibility index (Phi) is 2.43. The summed E-state index contributed by atoms with van der Waals surface area (Å²) >= 11 is 0. The van der Waals surface area contributed by atoms with Gasteiger partial charge >= 0.3 is 0 Å². The van der Waals surface area contributed by atoms with E-state index in [1.807, 2.05) is 0 Å². The van der Waals surface area contributed by atoms with Crippen molar-refractivity contribution in [2.45, 2.75) is 72.1 Å². The van der Waals surface area contributed by atoms with Crippen LogP contribution in [0.1, 0.15) is 72.1 Å². The summed E-state index contributed by atoms with van der Waals surface area (Å²) in [6.45, 7) is 7.72. The molecular weight excluding hydrogens is 192 g/mol. The van der Waals surface area contributed by atoms with Gasteiger partial charge in [0, 0.05) is 0 Å². The van der Waals surface area contributed by atoms with Crippen molar-refractivity contribution in [1.29, 1.82) is 0 Å². The van der Waals surface area contributed by atoms with E-state index < -0.39 is 0 Å². The first-order valence-corrected chi connectivity index (χ1v) is 7.53. The summed E-state index contributed by atoms with van der Waals surface area (Å²) in [5, 5.41) is 0. The van der Waals surface area contributed by atoms with E-state index in [9.17, 15) is 0 Å². The zero-order chi connectivity index (χ0) is 11.4. The average molecular weight is 220 g/mol. The first-order valence-electron chi connectivity index (χ1n) is 7.53. The normalized spacial score (nSPS) is 50.8. The van der Waals surface area contributed by atoms with Crippen LogP contribution in [0.25, 0.3) is 0 Å². The molecule has 0 nitrogen and oxygen atoms in total. The van der Waals surface area contributed by atoms with Gasteiger partial charge in [-0.05, 0) is 60.7 Å². The highest BCUT2D eigenvalue weighted by molar-refractivity contribution is 5.05. The molecule has 0 heterocycles. The molecule has 3 aliphatic carbocycles. The molecule has 3 fully saturated rings. The zero-order valence-electron chi connectivity index (χ0n) is 11.4. The fourth-order valence-corrected chi connectivity index (χ4v) is 5.58. The van der Waals surface area contributed by atoms with Crippen LogP contribution in [-0.2, 0) is 0 Å². The van der Waals surface area contributed by atoms with Crippen molar-refractivity contribution >= 4 is 0 Å². The van der Waals surface area contributed by atoms with Gasteiger partial charge in [-0.25, -0.2) is 0 Å². The number of hydrogen-bond acceptors (Lipinski definition) is 0. The molecule has 0 aromatic heterocycles. The Hall–Kier alpha value is 0. The van der Waals surface area contributed by atoms with E-state index in [0.29, 0.717) is 5.41 Å². The minimum Gasteiger partial charge on any atom is -0.0596 e. The molecule has 0 aliphatic heterocycles. The summed E-state index contributed by atoms with van der Waals surface area (Å²) in [6, 6.07) is 0. The minimum absolute atomic E-state index is 0.633. The minimum atomic E-state index is 0.633. The Morgan fingerprint density at radius 3 is 2.44 bits per heavy atom. The molecule has 0 radical (unpaired) electrons. The number of hydrogen-bond donors (Lipinski definition) is 0. The molecule has 0 N–H and O–H groups in total. The molecule has 0 aromatic rings. The van der Waals surface area contributed by atoms with Gasteiger partial charge in [0.2, 0.25) is 0 Å². The van der Waals surface area contributed by atoms with E-state index in [1.165, 1.54) is 32.1 Å². The summed E-state index contributed by atoms with van der Waals surface area (Å²) < 4.78 is 0. The lowest BCUT2D eigenvalue weighted by atomic mass is 9.70. The van der Waals surface area contributed by atoms with Gasteiger partial charge in [0.15, 0.2) is 0 Å². The Labute approximate surface area is 101 Å². The van der Waals surface area contributed by atoms with Crippen molar-refractivity contribution in [3.63, 3.8) is 0 Å². The highest BCUT2D eigenvalue weighted by Crippen LogP contribution is 2.65. The largest absolute Gasteiger partial charge is 0.0596 e. The van der Waals surface area contributed by atoms with Crippen LogP contribution in [0.5, 0.6) is 0 Å². The van der Waals surface area contributed by atoms with Crippen molar-refractivity contribution in [1.82, 2.24) is 0 Å². The summed E-state index contributed by atoms with van der Waals surface area (Å²) in [5.74, 6) is 3.23. The molecule has 92 valence electrons. The Balaban J connectivity index is 1.91. The molecule has 0 aromatic carbocycles. The van der Waals surface area contributed by atoms with Crippen LogP contribution in [0.15, 0.2) is 0 Å². The van der Waals surface area contributed by atoms with Crippen molar-refractivity contribution in [2.75, 3.05) is 0 Å². The topological polar surface area (TPSA) is 0 Å². The van der Waals surface area contributed by atoms with Gasteiger partial charge in [-0.1, -0.05) is 40.0 Å². The summed E-state index contributed by atoms with van der Waals surface area (Å²) in [5.41, 5.74) is 1.37. The van der Waals surface area contributed by atoms with Gasteiger partial charge in [0.1, 0.15) is 0 Å². The third kappa shape index (κ3) is 1.48. The SMILES string of the molecule is CC1(C)CCCCC2C1CC1(C)CCCC21. The van der Waals surface area contributed by atoms with E-state index in [4.69, 9.17) is 0 Å². The molecule has 0 heteroatoms. The maximum atomic E-state index is 2.61. The monoisotopic (exact) mass is 220 g/mol. The van der Waals surface area contributed by atoms with Gasteiger partial charge in [-0.3, -0.25) is 0 Å². The van der Waals surface area contributed by atoms with E-state index >= 15 is 0 Å². The van der Waals surface area contributed by atoms with Crippen LogP contribution < -0.4 is 0 Å². The lowest BCUT2D eigenvalue weighted by Crippen LogP contribution is -2.27. The maximum Gasteiger partial charge on any atom is -0.0292 e. The van der Waals surface area contributed by atoms with Crippen molar-refractivity contribution in [2.24, 2.45) is 28.6 Å². The lowest BCUT2D eigenvalue weighted by Gasteiger charge is -2.35. The fraction of sp³-hybridized carbons (Fsp3) is 1.00. The second-order valence-corrected chi connectivity index (χ2v) is 7.86. The van der Waals surface area contributed by atoms with E-state index in [-0.39, 0.29) is 0 Å². The molecule has 0 spiro atoms. The van der Waals surface area contributed by atoms with Crippen molar-refractivity contribution in [3.8, 4) is 0 Å². The van der Waals surface area contributed by atoms with Gasteiger partial charge in [-0.15, -0.1) is 0 Å². The molecule has 4 unspecified atom stereocenters. The quantitative estimate of drug-likeness (QED) is 0.537. The van der Waals surface area contributed by atoms with Crippen LogP contribution in [0.2, 0.25) is 0 Å². The summed E-state index contributed by atoms with van der Waals surface area (Å²) in [4.78, 5) is 0. The molecular formula is C16H28. The van der Waals surface area contributed by atoms with Gasteiger partial charge in [-0.2, -0.15) is 0 Å². The van der Waals surface area contributed by atoms with Crippen LogP contribution in [0, 0.1) is 28.6 Å². The predicted octanol–water partition coefficient (Wildman–Crippen LogP) is 5.03. The smallest absolute Gasteiger partial charge is 0.0292 e. The predicted molar refractivity (Wildman–Crippen MR) is 69.3 cm³/mol. The van der Waals surface area contributed by atoms with Crippen LogP contribution in [0.4, 0.5) is 0 Å². The van der Waals surface area contributed by atoms with E-state index in [2.05, 4.69) is 20.8 Å². The van der Waals surface area contributed by atoms with Crippen LogP contribution >= 0.6 is 0 Å². The molecule has 3 rings (SSSR count). The number of fused-ring (bicyclic) bond motifs is 3. The summed E-state index contributed by atoms with van der Waals surface area (Å²) in [6.07, 6.45) is 12.2. The lowest BCUT2D eigenvalue weighted by molar-refractivity contribution is 0.146. The standard InChI is InChI=1S/C16H28/c1-15(2)9-5-4-7-12-13-8-6-10-16(13,3)11-14(12)15/h12-14H,4-11H2,1-3H3. The molecule has 0 saturated heterocycles. The Morgan fingerprint density at radius 2 is 1.62 bits per heavy atom. The molecule has 16 heavy (non-hydrogen) atoms. The summed E-state index contributed by atoms with van der Waals surface area (Å²) in [7, 11) is 0. The Bertz CT molecular complexity index is 278. The highest BCUT2D eigenvalue weighted by Gasteiger charge is 2.56. The molecule has 3 saturated carbocycles. The van der Waals surface area contributed by atoms with Gasteiger partial charge < -0.3 is 0 Å². The highest BCUT2D eigenvalue weighted by atomic mass is 14.6. The third-order valence-electron chi connectivity index (χ3n) is 6.49. The number of rotatable bonds is 0. The third-order valence-corrected chi connectivity index (χ3v) is 6.49. The zero-order valence-corrected chi connectivity index (χ0v) is 11.4. The van der Waals surface area contributed by atoms with Gasteiger partial charge in [0.25, 0.3) is 0 Å². The molecule has 0 bridgehead atoms. The van der Waals surface area contributed by atoms with Crippen molar-refractivity contribution in [3.05, 3.63) is 0 Å². The van der Waals surface area contributed by atoms with E-state index in [1.54, 1.807) is 19.3 Å². The first kappa shape index (κ1) is 11.1. The maximum absolute atomic E-state index is 2.61. The Morgan fingerprint density at radius 1 is 0.812 bits per heavy atom. The van der Waals surface area contributed by atoms with Crippen molar-refractivity contribution < 1.29 is 0 Å². The molecule has 3 aliphatic rings. The van der Waals surface area contributed by atoms with Crippen LogP contribution in [-0.4, -0.2) is 0 Å². The molecule has 4 atom stereocenters. The first-order chi connectivity index (χ1) is 7.53.